The molecule has 1 saturated heterocycles. The second kappa shape index (κ2) is 5.04. The number of benzene rings is 1. The third-order valence-electron chi connectivity index (χ3n) is 3.52. The fourth-order valence-corrected chi connectivity index (χ4v) is 7.19. The second-order valence-electron chi connectivity index (χ2n) is 4.58. The first-order valence-corrected chi connectivity index (χ1v) is 9.72. The number of hydrogen-bond acceptors (Lipinski definition) is 1. The van der Waals surface area contributed by atoms with Gasteiger partial charge in [0.2, 0.25) is 0 Å². The SMILES string of the molecule is O=C(O)[Si]1(Cl)CCCC(c2ccccc2)C1(Cl)Cl. The van der Waals surface area contributed by atoms with Crippen LogP contribution in [0, 0.1) is 0 Å². The fourth-order valence-electron chi connectivity index (χ4n) is 2.48. The molecule has 1 aromatic rings. The highest BCUT2D eigenvalue weighted by molar-refractivity contribution is 7.40. The number of alkyl halides is 2. The Balaban J connectivity index is 2.42. The van der Waals surface area contributed by atoms with E-state index >= 15 is 0 Å². The van der Waals surface area contributed by atoms with Crippen LogP contribution in [0.15, 0.2) is 30.3 Å². The Labute approximate surface area is 122 Å². The van der Waals surface area contributed by atoms with E-state index in [1.807, 2.05) is 30.3 Å². The molecule has 0 radical (unpaired) electrons. The van der Waals surface area contributed by atoms with Crippen molar-refractivity contribution < 1.29 is 9.90 Å². The van der Waals surface area contributed by atoms with Crippen LogP contribution in [0.1, 0.15) is 24.3 Å². The molecule has 2 unspecified atom stereocenters. The lowest BCUT2D eigenvalue weighted by Gasteiger charge is -2.42. The standard InChI is InChI=1S/C12H13Cl3O2Si/c13-12(14)10(9-5-2-1-3-6-9)7-4-8-18(12,15)11(16)17/h1-3,5-6,10H,4,7-8H2,(H,16,17). The van der Waals surface area contributed by atoms with Gasteiger partial charge in [-0.25, -0.2) is 0 Å². The van der Waals surface area contributed by atoms with Gasteiger partial charge in [-0.3, -0.25) is 4.79 Å². The van der Waals surface area contributed by atoms with Gasteiger partial charge in [0.25, 0.3) is 5.59 Å². The van der Waals surface area contributed by atoms with Gasteiger partial charge in [0.15, 0.2) is 0 Å². The van der Waals surface area contributed by atoms with Crippen LogP contribution < -0.4 is 0 Å². The molecule has 0 spiro atoms. The summed E-state index contributed by atoms with van der Waals surface area (Å²) in [6, 6.07) is 9.95. The van der Waals surface area contributed by atoms with E-state index < -0.39 is 16.9 Å². The summed E-state index contributed by atoms with van der Waals surface area (Å²) in [5.41, 5.74) is -0.0595. The highest BCUT2D eigenvalue weighted by Gasteiger charge is 2.63. The van der Waals surface area contributed by atoms with Gasteiger partial charge in [-0.1, -0.05) is 36.8 Å². The lowest BCUT2D eigenvalue weighted by atomic mass is 9.95. The molecular weight excluding hydrogens is 311 g/mol. The van der Waals surface area contributed by atoms with Gasteiger partial charge in [0.05, 0.1) is 0 Å². The van der Waals surface area contributed by atoms with Crippen LogP contribution in [0.5, 0.6) is 0 Å². The molecule has 1 aliphatic rings. The fraction of sp³-hybridized carbons (Fsp3) is 0.417. The largest absolute Gasteiger partial charge is 0.484 e. The van der Waals surface area contributed by atoms with Crippen LogP contribution in [0.2, 0.25) is 6.04 Å². The normalized spacial score (nSPS) is 30.9. The minimum absolute atomic E-state index is 0.212. The summed E-state index contributed by atoms with van der Waals surface area (Å²) in [5, 5.41) is 9.36. The molecule has 0 aromatic heterocycles. The summed E-state index contributed by atoms with van der Waals surface area (Å²) < 4.78 is -1.38. The van der Waals surface area contributed by atoms with Crippen LogP contribution in [0.4, 0.5) is 4.79 Å². The van der Waals surface area contributed by atoms with Crippen molar-refractivity contribution in [1.29, 1.82) is 0 Å². The number of carboxylic acid groups (broad SMARTS) is 1. The van der Waals surface area contributed by atoms with Crippen molar-refractivity contribution in [2.45, 2.75) is 28.8 Å². The van der Waals surface area contributed by atoms with Gasteiger partial charge in [-0.15, -0.1) is 34.3 Å². The quantitative estimate of drug-likeness (QED) is 0.486. The number of halogens is 3. The van der Waals surface area contributed by atoms with Crippen molar-refractivity contribution in [3.05, 3.63) is 35.9 Å². The van der Waals surface area contributed by atoms with Crippen LogP contribution >= 0.6 is 34.3 Å². The van der Waals surface area contributed by atoms with Crippen molar-refractivity contribution in [3.63, 3.8) is 0 Å². The van der Waals surface area contributed by atoms with Crippen LogP contribution in [-0.2, 0) is 0 Å². The summed E-state index contributed by atoms with van der Waals surface area (Å²) in [6.07, 6.45) is 1.52. The third-order valence-corrected chi connectivity index (χ3v) is 11.6. The Bertz CT molecular complexity index is 452. The third kappa shape index (κ3) is 2.18. The molecule has 98 valence electrons. The Morgan fingerprint density at radius 1 is 1.33 bits per heavy atom. The van der Waals surface area contributed by atoms with Crippen molar-refractivity contribution in [1.82, 2.24) is 0 Å². The van der Waals surface area contributed by atoms with Crippen LogP contribution in [0.25, 0.3) is 0 Å². The first kappa shape index (κ1) is 14.2. The monoisotopic (exact) mass is 322 g/mol. The average Bonchev–Trinajstić information content (AvgIpc) is 2.33. The average molecular weight is 324 g/mol. The van der Waals surface area contributed by atoms with Crippen molar-refractivity contribution in [3.8, 4) is 0 Å². The van der Waals surface area contributed by atoms with Gasteiger partial charge < -0.3 is 5.11 Å². The summed E-state index contributed by atoms with van der Waals surface area (Å²) in [7, 11) is -3.27. The Hall–Kier alpha value is -0.223. The molecule has 1 fully saturated rings. The highest BCUT2D eigenvalue weighted by atomic mass is 35.6. The summed E-state index contributed by atoms with van der Waals surface area (Å²) in [4.78, 5) is 11.4. The zero-order valence-corrected chi connectivity index (χ0v) is 12.8. The molecule has 18 heavy (non-hydrogen) atoms. The smallest absolute Gasteiger partial charge is 0.317 e. The predicted molar refractivity (Wildman–Crippen MR) is 77.3 cm³/mol. The van der Waals surface area contributed by atoms with E-state index in [9.17, 15) is 9.90 Å². The maximum absolute atomic E-state index is 11.4. The molecule has 0 aliphatic carbocycles. The minimum Gasteiger partial charge on any atom is -0.484 e. The zero-order chi connectivity index (χ0) is 13.4. The molecule has 0 amide bonds. The lowest BCUT2D eigenvalue weighted by molar-refractivity contribution is 0.217. The first-order valence-electron chi connectivity index (χ1n) is 5.74. The Morgan fingerprint density at radius 3 is 2.50 bits per heavy atom. The van der Waals surface area contributed by atoms with E-state index in [0.717, 1.165) is 18.4 Å². The molecule has 0 saturated carbocycles. The van der Waals surface area contributed by atoms with E-state index in [4.69, 9.17) is 34.3 Å². The molecule has 2 nitrogen and oxygen atoms in total. The van der Waals surface area contributed by atoms with E-state index in [2.05, 4.69) is 0 Å². The van der Waals surface area contributed by atoms with Gasteiger partial charge in [-0.05, 0) is 18.0 Å². The van der Waals surface area contributed by atoms with Gasteiger partial charge >= 0.3 is 7.38 Å². The number of carbonyl (C=O) groups is 1. The van der Waals surface area contributed by atoms with E-state index in [0.29, 0.717) is 6.04 Å². The topological polar surface area (TPSA) is 37.3 Å². The lowest BCUT2D eigenvalue weighted by Crippen LogP contribution is -2.58. The van der Waals surface area contributed by atoms with Crippen molar-refractivity contribution >= 4 is 47.3 Å². The zero-order valence-electron chi connectivity index (χ0n) is 9.57. The Morgan fingerprint density at radius 2 is 1.94 bits per heavy atom. The van der Waals surface area contributed by atoms with Gasteiger partial charge in [0, 0.05) is 5.92 Å². The maximum atomic E-state index is 11.4. The highest BCUT2D eigenvalue weighted by Crippen LogP contribution is 2.54. The van der Waals surface area contributed by atoms with Gasteiger partial charge in [0.1, 0.15) is 3.96 Å². The first-order chi connectivity index (χ1) is 8.39. The molecule has 1 aromatic carbocycles. The van der Waals surface area contributed by atoms with Crippen LogP contribution in [-0.4, -0.2) is 22.0 Å². The molecule has 2 rings (SSSR count). The summed E-state index contributed by atoms with van der Waals surface area (Å²) in [5.74, 6) is -0.212. The van der Waals surface area contributed by atoms with Gasteiger partial charge in [-0.2, -0.15) is 0 Å². The predicted octanol–water partition coefficient (Wildman–Crippen LogP) is 4.72. The van der Waals surface area contributed by atoms with Crippen molar-refractivity contribution in [2.75, 3.05) is 0 Å². The van der Waals surface area contributed by atoms with E-state index in [1.165, 1.54) is 0 Å². The molecule has 6 heteroatoms. The molecular formula is C12H13Cl3O2Si. The van der Waals surface area contributed by atoms with E-state index in [-0.39, 0.29) is 5.92 Å². The Kier molecular flexibility index (Phi) is 3.98. The maximum Gasteiger partial charge on any atom is 0.317 e. The second-order valence-corrected chi connectivity index (χ2v) is 11.9. The molecule has 0 bridgehead atoms. The number of rotatable bonds is 2. The van der Waals surface area contributed by atoms with Crippen LogP contribution in [0.3, 0.4) is 0 Å². The van der Waals surface area contributed by atoms with E-state index in [1.54, 1.807) is 0 Å². The molecule has 2 atom stereocenters. The number of hydrogen-bond donors (Lipinski definition) is 1. The summed E-state index contributed by atoms with van der Waals surface area (Å²) >= 11 is 19.1. The summed E-state index contributed by atoms with van der Waals surface area (Å²) in [6.45, 7) is 0. The molecule has 1 aliphatic heterocycles. The minimum atomic E-state index is -3.27. The molecule has 1 N–H and O–H groups in total. The van der Waals surface area contributed by atoms with Crippen molar-refractivity contribution in [2.24, 2.45) is 0 Å². The molecule has 1 heterocycles.